The van der Waals surface area contributed by atoms with Gasteiger partial charge in [0.2, 0.25) is 0 Å². The highest BCUT2D eigenvalue weighted by molar-refractivity contribution is 6.10. The minimum Gasteiger partial charge on any atom is -0.505 e. The Morgan fingerprint density at radius 2 is 0.714 bits per heavy atom. The van der Waals surface area contributed by atoms with Crippen LogP contribution in [0.4, 0.5) is 0 Å². The Balaban J connectivity index is 0.956. The Bertz CT molecular complexity index is 3060. The van der Waals surface area contributed by atoms with E-state index in [1.54, 1.807) is 0 Å². The summed E-state index contributed by atoms with van der Waals surface area (Å²) in [6, 6.07) is 53.8. The third kappa shape index (κ3) is 7.02. The van der Waals surface area contributed by atoms with Gasteiger partial charge < -0.3 is 28.8 Å². The topological polar surface area (TPSA) is 68.8 Å². The maximum Gasteiger partial charge on any atom is 0.147 e. The van der Waals surface area contributed by atoms with Crippen molar-refractivity contribution in [3.63, 3.8) is 0 Å². The van der Waals surface area contributed by atoms with Crippen molar-refractivity contribution in [1.29, 1.82) is 0 Å². The molecule has 312 valence electrons. The van der Waals surface area contributed by atoms with Crippen molar-refractivity contribution in [2.45, 2.75) is 60.2 Å². The Kier molecular flexibility index (Phi) is 9.95. The second kappa shape index (κ2) is 15.8. The molecule has 8 aromatic carbocycles. The highest BCUT2D eigenvalue weighted by Crippen LogP contribution is 2.46. The van der Waals surface area contributed by atoms with Crippen LogP contribution in [0.15, 0.2) is 158 Å². The van der Waals surface area contributed by atoms with Crippen molar-refractivity contribution in [3.8, 4) is 56.6 Å². The second-order valence-corrected chi connectivity index (χ2v) is 17.2. The van der Waals surface area contributed by atoms with Gasteiger partial charge in [0, 0.05) is 50.2 Å². The summed E-state index contributed by atoms with van der Waals surface area (Å²) in [6.07, 6.45) is 0.0983. The largest absolute Gasteiger partial charge is 0.505 e. The number of nitrogens with zero attached hydrogens (tertiary/aromatic N) is 2. The number of rotatable bonds is 10. The average molecular weight is 827 g/mol. The Morgan fingerprint density at radius 3 is 1.06 bits per heavy atom. The molecule has 10 rings (SSSR count). The molecule has 0 saturated heterocycles. The number of aryl methyl sites for hydroxylation is 4. The van der Waals surface area contributed by atoms with Gasteiger partial charge in [-0.25, -0.2) is 0 Å². The molecule has 2 aromatic heterocycles. The highest BCUT2D eigenvalue weighted by Gasteiger charge is 2.24. The maximum atomic E-state index is 12.2. The zero-order valence-electron chi connectivity index (χ0n) is 36.5. The Labute approximate surface area is 367 Å². The molecule has 0 fully saturated rings. The first-order valence-electron chi connectivity index (χ1n) is 21.7. The van der Waals surface area contributed by atoms with Crippen LogP contribution in [0.3, 0.4) is 0 Å². The summed E-state index contributed by atoms with van der Waals surface area (Å²) < 4.78 is 17.9. The van der Waals surface area contributed by atoms with Crippen LogP contribution in [0.2, 0.25) is 0 Å². The first kappa shape index (κ1) is 39.7. The van der Waals surface area contributed by atoms with E-state index < -0.39 is 0 Å². The van der Waals surface area contributed by atoms with Crippen molar-refractivity contribution < 1.29 is 19.7 Å². The fraction of sp³-hybridized carbons (Fsp3) is 0.158. The van der Waals surface area contributed by atoms with Gasteiger partial charge in [-0.15, -0.1) is 0 Å². The van der Waals surface area contributed by atoms with Gasteiger partial charge in [-0.05, 0) is 125 Å². The number of aromatic hydroxyl groups is 2. The Hall–Kier alpha value is -7.44. The fourth-order valence-electron chi connectivity index (χ4n) is 9.55. The third-order valence-corrected chi connectivity index (χ3v) is 12.3. The smallest absolute Gasteiger partial charge is 0.147 e. The van der Waals surface area contributed by atoms with E-state index in [9.17, 15) is 10.2 Å². The van der Waals surface area contributed by atoms with E-state index in [0.29, 0.717) is 29.0 Å². The number of benzene rings is 8. The Morgan fingerprint density at radius 1 is 0.397 bits per heavy atom. The fourth-order valence-corrected chi connectivity index (χ4v) is 9.55. The van der Waals surface area contributed by atoms with Crippen molar-refractivity contribution in [1.82, 2.24) is 9.13 Å². The first-order chi connectivity index (χ1) is 30.5. The number of para-hydroxylation sites is 4. The number of fused-ring (bicyclic) bond motifs is 6. The normalized spacial score (nSPS) is 12.7. The molecule has 0 bridgehead atoms. The van der Waals surface area contributed by atoms with E-state index in [2.05, 4.69) is 148 Å². The van der Waals surface area contributed by atoms with Gasteiger partial charge >= 0.3 is 0 Å². The molecule has 2 N–H and O–H groups in total. The van der Waals surface area contributed by atoms with Gasteiger partial charge in [0.1, 0.15) is 23.0 Å². The van der Waals surface area contributed by atoms with Crippen molar-refractivity contribution >= 4 is 43.6 Å². The van der Waals surface area contributed by atoms with Crippen LogP contribution in [-0.4, -0.2) is 31.6 Å². The molecule has 0 spiro atoms. The predicted octanol–water partition coefficient (Wildman–Crippen LogP) is 14.5. The molecule has 2 unspecified atom stereocenters. The molecule has 6 nitrogen and oxygen atoms in total. The van der Waals surface area contributed by atoms with Crippen molar-refractivity contribution in [2.24, 2.45) is 0 Å². The summed E-state index contributed by atoms with van der Waals surface area (Å²) in [5.74, 6) is 1.76. The van der Waals surface area contributed by atoms with Gasteiger partial charge in [0.15, 0.2) is 0 Å². The second-order valence-electron chi connectivity index (χ2n) is 17.2. The number of ether oxygens (including phenoxy) is 2. The van der Waals surface area contributed by atoms with Gasteiger partial charge in [0.05, 0.1) is 45.6 Å². The number of hydrogen-bond acceptors (Lipinski definition) is 4. The molecule has 0 aliphatic heterocycles. The van der Waals surface area contributed by atoms with E-state index in [1.807, 2.05) is 60.7 Å². The maximum absolute atomic E-state index is 12.2. The lowest BCUT2D eigenvalue weighted by atomic mass is 9.98. The minimum atomic E-state index is -0.242. The van der Waals surface area contributed by atoms with Crippen LogP contribution in [0.1, 0.15) is 42.5 Å². The molecule has 0 radical (unpaired) electrons. The summed E-state index contributed by atoms with van der Waals surface area (Å²) >= 11 is 0. The van der Waals surface area contributed by atoms with Crippen LogP contribution < -0.4 is 9.47 Å². The summed E-state index contributed by atoms with van der Waals surface area (Å²) in [7, 11) is 0. The standard InChI is InChI=1S/C57H50N2O4/c1-34-23-25-54(44(27-34)46-29-36(3)31-52(56(46)60)58-48-19-11-7-15-40(48)41-16-8-12-20-49(41)58)62-38(5)33-39(6)63-55-26-24-35(2)28-45(55)47-30-37(4)32-53(57(47)61)59-50-21-13-9-17-42(50)43-18-10-14-22-51(43)59/h7-32,38-39,60-61H,33H2,1-6H3. The lowest BCUT2D eigenvalue weighted by molar-refractivity contribution is 0.131. The molecule has 6 heteroatoms. The monoisotopic (exact) mass is 826 g/mol. The summed E-state index contributed by atoms with van der Waals surface area (Å²) in [5.41, 5.74) is 12.8. The first-order valence-corrected chi connectivity index (χ1v) is 21.7. The van der Waals surface area contributed by atoms with Crippen LogP contribution in [0.5, 0.6) is 23.0 Å². The number of hydrogen-bond donors (Lipinski definition) is 2. The zero-order valence-corrected chi connectivity index (χ0v) is 36.5. The van der Waals surface area contributed by atoms with Crippen molar-refractivity contribution in [3.05, 3.63) is 180 Å². The SMILES string of the molecule is Cc1ccc(OC(C)CC(C)Oc2ccc(C)cc2-c2cc(C)cc(-n3c4ccccc4c4ccccc43)c2O)c(-c2cc(C)cc(-n3c4ccccc4c4ccccc43)c2O)c1. The lowest BCUT2D eigenvalue weighted by Gasteiger charge is -2.24. The minimum absolute atomic E-state index is 0.194. The molecule has 63 heavy (non-hydrogen) atoms. The van der Waals surface area contributed by atoms with Crippen LogP contribution >= 0.6 is 0 Å². The lowest BCUT2D eigenvalue weighted by Crippen LogP contribution is -2.23. The molecule has 0 aliphatic rings. The third-order valence-electron chi connectivity index (χ3n) is 12.3. The van der Waals surface area contributed by atoms with E-state index in [-0.39, 0.29) is 23.7 Å². The van der Waals surface area contributed by atoms with E-state index >= 15 is 0 Å². The molecule has 0 saturated carbocycles. The van der Waals surface area contributed by atoms with Gasteiger partial charge in [-0.1, -0.05) is 96.1 Å². The van der Waals surface area contributed by atoms with Crippen LogP contribution in [0, 0.1) is 27.7 Å². The molecule has 2 heterocycles. The summed E-state index contributed by atoms with van der Waals surface area (Å²) in [6.45, 7) is 12.4. The van der Waals surface area contributed by atoms with E-state index in [4.69, 9.17) is 9.47 Å². The van der Waals surface area contributed by atoms with E-state index in [1.165, 1.54) is 0 Å². The highest BCUT2D eigenvalue weighted by atomic mass is 16.5. The predicted molar refractivity (Wildman–Crippen MR) is 260 cm³/mol. The van der Waals surface area contributed by atoms with Gasteiger partial charge in [0.25, 0.3) is 0 Å². The van der Waals surface area contributed by atoms with Gasteiger partial charge in [-0.3, -0.25) is 0 Å². The van der Waals surface area contributed by atoms with E-state index in [0.717, 1.165) is 88.4 Å². The quantitative estimate of drug-likeness (QED) is 0.144. The number of phenolic OH excluding ortho intramolecular Hbond substituents is 2. The molecule has 2 atom stereocenters. The van der Waals surface area contributed by atoms with Crippen molar-refractivity contribution in [2.75, 3.05) is 0 Å². The van der Waals surface area contributed by atoms with Crippen LogP contribution in [0.25, 0.3) is 77.2 Å². The summed E-state index contributed by atoms with van der Waals surface area (Å²) in [4.78, 5) is 0. The molecular weight excluding hydrogens is 777 g/mol. The number of phenols is 2. The molecule has 10 aromatic rings. The zero-order chi connectivity index (χ0) is 43.5. The number of aromatic nitrogens is 2. The average Bonchev–Trinajstić information content (AvgIpc) is 3.79. The molecular formula is C57H50N2O4. The van der Waals surface area contributed by atoms with Gasteiger partial charge in [-0.2, -0.15) is 0 Å². The molecule has 0 amide bonds. The van der Waals surface area contributed by atoms with Crippen LogP contribution in [-0.2, 0) is 0 Å². The molecule has 0 aliphatic carbocycles. The summed E-state index contributed by atoms with van der Waals surface area (Å²) in [5, 5.41) is 29.0.